The summed E-state index contributed by atoms with van der Waals surface area (Å²) in [5.41, 5.74) is 5.55. The lowest BCUT2D eigenvalue weighted by atomic mass is 10.1. The number of rotatable bonds is 8. The number of carbonyl (C=O) groups is 1. The van der Waals surface area contributed by atoms with Crippen LogP contribution in [0.1, 0.15) is 29.5 Å². The first-order valence-corrected chi connectivity index (χ1v) is 14.2. The van der Waals surface area contributed by atoms with E-state index in [1.807, 2.05) is 61.9 Å². The van der Waals surface area contributed by atoms with Crippen LogP contribution in [0.15, 0.2) is 77.8 Å². The quantitative estimate of drug-likeness (QED) is 0.297. The van der Waals surface area contributed by atoms with Crippen LogP contribution in [0.4, 0.5) is 5.95 Å². The van der Waals surface area contributed by atoms with E-state index in [2.05, 4.69) is 5.32 Å². The van der Waals surface area contributed by atoms with Crippen molar-refractivity contribution in [2.75, 3.05) is 11.9 Å². The Hall–Kier alpha value is -3.46. The SMILES string of the molecule is Cc1ccc(S(=O)(=O)N(CC(=O)Nc2nc(-c3ccc(Cl)cc3)cn2-c2ccc(C)c(C)c2)C2CC2)cc1. The molecule has 0 bridgehead atoms. The van der Waals surface area contributed by atoms with Crippen LogP contribution in [0.2, 0.25) is 5.02 Å². The van der Waals surface area contributed by atoms with E-state index < -0.39 is 15.9 Å². The van der Waals surface area contributed by atoms with Gasteiger partial charge >= 0.3 is 0 Å². The number of benzene rings is 3. The van der Waals surface area contributed by atoms with Crippen molar-refractivity contribution in [3.63, 3.8) is 0 Å². The van der Waals surface area contributed by atoms with Crippen molar-refractivity contribution < 1.29 is 13.2 Å². The summed E-state index contributed by atoms with van der Waals surface area (Å²) >= 11 is 6.06. The maximum atomic E-state index is 13.4. The summed E-state index contributed by atoms with van der Waals surface area (Å²) in [7, 11) is -3.82. The highest BCUT2D eigenvalue weighted by atomic mass is 35.5. The van der Waals surface area contributed by atoms with Gasteiger partial charge in [-0.05, 0) is 81.1 Å². The van der Waals surface area contributed by atoms with E-state index in [0.29, 0.717) is 16.7 Å². The third kappa shape index (κ3) is 5.53. The number of hydrogen-bond acceptors (Lipinski definition) is 4. The molecule has 0 unspecified atom stereocenters. The van der Waals surface area contributed by atoms with E-state index in [-0.39, 0.29) is 17.5 Å². The number of aryl methyl sites for hydroxylation is 3. The lowest BCUT2D eigenvalue weighted by Gasteiger charge is -2.21. The van der Waals surface area contributed by atoms with Crippen molar-refractivity contribution in [2.24, 2.45) is 0 Å². The molecular formula is C29H29ClN4O3S. The molecule has 0 aliphatic heterocycles. The van der Waals surface area contributed by atoms with Crippen LogP contribution in [0.3, 0.4) is 0 Å². The normalized spacial score (nSPS) is 13.6. The number of hydrogen-bond donors (Lipinski definition) is 1. The minimum absolute atomic E-state index is 0.184. The Balaban J connectivity index is 1.46. The van der Waals surface area contributed by atoms with Gasteiger partial charge in [0.1, 0.15) is 0 Å². The molecule has 1 fully saturated rings. The second-order valence-corrected chi connectivity index (χ2v) is 12.1. The minimum atomic E-state index is -3.82. The number of halogens is 1. The molecule has 196 valence electrons. The van der Waals surface area contributed by atoms with E-state index in [4.69, 9.17) is 16.6 Å². The molecule has 0 radical (unpaired) electrons. The Labute approximate surface area is 228 Å². The molecule has 1 aliphatic rings. The number of amides is 1. The first-order chi connectivity index (χ1) is 18.1. The maximum absolute atomic E-state index is 13.4. The van der Waals surface area contributed by atoms with Gasteiger partial charge in [0, 0.05) is 28.5 Å². The maximum Gasteiger partial charge on any atom is 0.243 e. The first kappa shape index (κ1) is 26.2. The largest absolute Gasteiger partial charge is 0.294 e. The fourth-order valence-electron chi connectivity index (χ4n) is 4.22. The van der Waals surface area contributed by atoms with Gasteiger partial charge < -0.3 is 0 Å². The molecule has 7 nitrogen and oxygen atoms in total. The lowest BCUT2D eigenvalue weighted by molar-refractivity contribution is -0.116. The molecule has 0 spiro atoms. The smallest absolute Gasteiger partial charge is 0.243 e. The monoisotopic (exact) mass is 548 g/mol. The molecule has 38 heavy (non-hydrogen) atoms. The molecule has 1 aliphatic carbocycles. The average Bonchev–Trinajstić information content (AvgIpc) is 3.64. The molecular weight excluding hydrogens is 520 g/mol. The van der Waals surface area contributed by atoms with Gasteiger partial charge in [-0.1, -0.05) is 47.5 Å². The van der Waals surface area contributed by atoms with Crippen LogP contribution < -0.4 is 5.32 Å². The van der Waals surface area contributed by atoms with Crippen molar-refractivity contribution in [1.29, 1.82) is 0 Å². The fourth-order valence-corrected chi connectivity index (χ4v) is 5.99. The van der Waals surface area contributed by atoms with Crippen LogP contribution in [0, 0.1) is 20.8 Å². The summed E-state index contributed by atoms with van der Waals surface area (Å²) in [5.74, 6) is -0.141. The van der Waals surface area contributed by atoms with Gasteiger partial charge in [0.15, 0.2) is 0 Å². The molecule has 9 heteroatoms. The average molecular weight is 549 g/mol. The van der Waals surface area contributed by atoms with E-state index in [9.17, 15) is 13.2 Å². The molecule has 5 rings (SSSR count). The third-order valence-corrected chi connectivity index (χ3v) is 8.91. The van der Waals surface area contributed by atoms with Gasteiger partial charge in [-0.3, -0.25) is 14.7 Å². The number of nitrogens with zero attached hydrogens (tertiary/aromatic N) is 3. The van der Waals surface area contributed by atoms with E-state index in [0.717, 1.165) is 40.8 Å². The number of imidazole rings is 1. The minimum Gasteiger partial charge on any atom is -0.294 e. The highest BCUT2D eigenvalue weighted by Crippen LogP contribution is 2.32. The summed E-state index contributed by atoms with van der Waals surface area (Å²) in [6.45, 7) is 5.67. The second-order valence-electron chi connectivity index (χ2n) is 9.74. The van der Waals surface area contributed by atoms with Crippen molar-refractivity contribution >= 4 is 33.5 Å². The molecule has 1 aromatic heterocycles. The van der Waals surface area contributed by atoms with E-state index in [1.54, 1.807) is 36.4 Å². The summed E-state index contributed by atoms with van der Waals surface area (Å²) in [5, 5.41) is 3.49. The number of anilines is 1. The number of nitrogens with one attached hydrogen (secondary N) is 1. The van der Waals surface area contributed by atoms with Crippen molar-refractivity contribution in [1.82, 2.24) is 13.9 Å². The Morgan fingerprint density at radius 2 is 1.68 bits per heavy atom. The predicted octanol–water partition coefficient (Wildman–Crippen LogP) is 5.91. The van der Waals surface area contributed by atoms with Gasteiger partial charge in [-0.15, -0.1) is 0 Å². The molecule has 1 amide bonds. The lowest BCUT2D eigenvalue weighted by Crippen LogP contribution is -2.39. The highest BCUT2D eigenvalue weighted by Gasteiger charge is 2.39. The zero-order valence-electron chi connectivity index (χ0n) is 21.5. The Morgan fingerprint density at radius 3 is 2.32 bits per heavy atom. The van der Waals surface area contributed by atoms with Gasteiger partial charge in [0.05, 0.1) is 17.1 Å². The topological polar surface area (TPSA) is 84.3 Å². The van der Waals surface area contributed by atoms with Crippen LogP contribution >= 0.6 is 11.6 Å². The third-order valence-electron chi connectivity index (χ3n) is 6.75. The number of sulfonamides is 1. The summed E-state index contributed by atoms with van der Waals surface area (Å²) in [6, 6.07) is 19.8. The van der Waals surface area contributed by atoms with Gasteiger partial charge in [0.2, 0.25) is 21.9 Å². The summed E-state index contributed by atoms with van der Waals surface area (Å²) < 4.78 is 29.9. The standard InChI is InChI=1S/C29H29ClN4O3S/c1-19-4-14-26(15-5-19)38(36,37)34(24-12-13-24)18-28(35)32-29-31-27(22-7-9-23(30)10-8-22)17-33(29)25-11-6-20(2)21(3)16-25/h4-11,14-17,24H,12-13,18H2,1-3H3,(H,31,32,35). The Morgan fingerprint density at radius 1 is 1.00 bits per heavy atom. The van der Waals surface area contributed by atoms with Crippen LogP contribution in [-0.2, 0) is 14.8 Å². The number of aromatic nitrogens is 2. The summed E-state index contributed by atoms with van der Waals surface area (Å²) in [4.78, 5) is 18.2. The van der Waals surface area contributed by atoms with E-state index in [1.165, 1.54) is 4.31 Å². The second kappa shape index (κ2) is 10.4. The zero-order valence-corrected chi connectivity index (χ0v) is 23.1. The number of carbonyl (C=O) groups excluding carboxylic acids is 1. The van der Waals surface area contributed by atoms with Crippen LogP contribution in [0.25, 0.3) is 16.9 Å². The van der Waals surface area contributed by atoms with Crippen molar-refractivity contribution in [3.05, 3.63) is 94.6 Å². The van der Waals surface area contributed by atoms with Crippen LogP contribution in [-0.4, -0.2) is 40.8 Å². The Bertz CT molecular complexity index is 1590. The Kier molecular flexibility index (Phi) is 7.13. The predicted molar refractivity (Wildman–Crippen MR) is 150 cm³/mol. The molecule has 1 N–H and O–H groups in total. The summed E-state index contributed by atoms with van der Waals surface area (Å²) in [6.07, 6.45) is 3.32. The van der Waals surface area contributed by atoms with Gasteiger partial charge in [0.25, 0.3) is 0 Å². The molecule has 3 aromatic carbocycles. The van der Waals surface area contributed by atoms with Crippen LogP contribution in [0.5, 0.6) is 0 Å². The van der Waals surface area contributed by atoms with Crippen molar-refractivity contribution in [3.8, 4) is 16.9 Å². The van der Waals surface area contributed by atoms with E-state index >= 15 is 0 Å². The molecule has 1 heterocycles. The zero-order chi connectivity index (χ0) is 27.0. The highest BCUT2D eigenvalue weighted by molar-refractivity contribution is 7.89. The van der Waals surface area contributed by atoms with Crippen molar-refractivity contribution in [2.45, 2.75) is 44.6 Å². The van der Waals surface area contributed by atoms with Gasteiger partial charge in [-0.25, -0.2) is 13.4 Å². The first-order valence-electron chi connectivity index (χ1n) is 12.4. The molecule has 1 saturated carbocycles. The van der Waals surface area contributed by atoms with Gasteiger partial charge in [-0.2, -0.15) is 4.31 Å². The molecule has 0 atom stereocenters. The fraction of sp³-hybridized carbons (Fsp3) is 0.241. The molecule has 0 saturated heterocycles. The molecule has 4 aromatic rings.